The van der Waals surface area contributed by atoms with Gasteiger partial charge in [0, 0.05) is 13.3 Å². The number of ether oxygens (including phenoxy) is 1. The first-order valence-electron chi connectivity index (χ1n) is 2.82. The van der Waals surface area contributed by atoms with Crippen LogP contribution in [0.1, 0.15) is 0 Å². The molecule has 1 rings (SSSR count). The SMILES string of the molecule is COCCn1[c]ccn1. The van der Waals surface area contributed by atoms with E-state index in [9.17, 15) is 0 Å². The molecule has 0 amide bonds. The van der Waals surface area contributed by atoms with Crippen LogP contribution in [0.3, 0.4) is 0 Å². The van der Waals surface area contributed by atoms with Crippen LogP contribution in [0.4, 0.5) is 0 Å². The van der Waals surface area contributed by atoms with E-state index in [2.05, 4.69) is 11.3 Å². The molecule has 3 heteroatoms. The molecule has 0 N–H and O–H groups in total. The highest BCUT2D eigenvalue weighted by Gasteiger charge is 1.86. The number of rotatable bonds is 3. The van der Waals surface area contributed by atoms with E-state index in [1.807, 2.05) is 0 Å². The van der Waals surface area contributed by atoms with Crippen molar-refractivity contribution in [2.75, 3.05) is 13.7 Å². The first-order chi connectivity index (χ1) is 4.43. The van der Waals surface area contributed by atoms with E-state index in [1.165, 1.54) is 0 Å². The lowest BCUT2D eigenvalue weighted by Gasteiger charge is -1.96. The number of hydrogen-bond donors (Lipinski definition) is 0. The molecule has 0 atom stereocenters. The van der Waals surface area contributed by atoms with Crippen LogP contribution < -0.4 is 0 Å². The largest absolute Gasteiger partial charge is 0.383 e. The summed E-state index contributed by atoms with van der Waals surface area (Å²) in [5, 5.41) is 3.93. The van der Waals surface area contributed by atoms with Gasteiger partial charge in [0.1, 0.15) is 0 Å². The van der Waals surface area contributed by atoms with Crippen molar-refractivity contribution in [1.82, 2.24) is 9.78 Å². The molecule has 3 nitrogen and oxygen atoms in total. The van der Waals surface area contributed by atoms with Crippen LogP contribution in [0.5, 0.6) is 0 Å². The Hall–Kier alpha value is -0.830. The van der Waals surface area contributed by atoms with Crippen molar-refractivity contribution in [3.8, 4) is 0 Å². The van der Waals surface area contributed by atoms with Gasteiger partial charge in [-0.2, -0.15) is 5.10 Å². The van der Waals surface area contributed by atoms with Crippen molar-refractivity contribution in [3.63, 3.8) is 0 Å². The number of methoxy groups -OCH3 is 1. The van der Waals surface area contributed by atoms with Crippen molar-refractivity contribution < 1.29 is 4.74 Å². The number of hydrogen-bond acceptors (Lipinski definition) is 2. The van der Waals surface area contributed by atoms with Crippen LogP contribution in [-0.2, 0) is 11.3 Å². The predicted molar refractivity (Wildman–Crippen MR) is 32.9 cm³/mol. The minimum absolute atomic E-state index is 0.693. The molecule has 0 aliphatic rings. The lowest BCUT2D eigenvalue weighted by molar-refractivity contribution is 0.183. The summed E-state index contributed by atoms with van der Waals surface area (Å²) in [7, 11) is 1.67. The normalized spacial score (nSPS) is 9.89. The van der Waals surface area contributed by atoms with Gasteiger partial charge in [-0.3, -0.25) is 4.68 Å². The molecule has 1 aromatic rings. The second kappa shape index (κ2) is 3.25. The van der Waals surface area contributed by atoms with Crippen LogP contribution in [0.2, 0.25) is 0 Å². The molecule has 0 saturated heterocycles. The molecule has 0 fully saturated rings. The minimum atomic E-state index is 0.693. The van der Waals surface area contributed by atoms with Crippen LogP contribution in [-0.4, -0.2) is 23.5 Å². The monoisotopic (exact) mass is 125 g/mol. The third-order valence-electron chi connectivity index (χ3n) is 1.01. The molecular formula is C6H9N2O. The van der Waals surface area contributed by atoms with Crippen LogP contribution in [0, 0.1) is 6.20 Å². The van der Waals surface area contributed by atoms with E-state index < -0.39 is 0 Å². The van der Waals surface area contributed by atoms with Gasteiger partial charge in [0.25, 0.3) is 0 Å². The summed E-state index contributed by atoms with van der Waals surface area (Å²) < 4.78 is 6.55. The molecule has 0 aromatic carbocycles. The smallest absolute Gasteiger partial charge is 0.0864 e. The van der Waals surface area contributed by atoms with Gasteiger partial charge < -0.3 is 4.74 Å². The second-order valence-corrected chi connectivity index (χ2v) is 1.68. The van der Waals surface area contributed by atoms with Gasteiger partial charge in [-0.05, 0) is 6.07 Å². The molecule has 0 bridgehead atoms. The van der Waals surface area contributed by atoms with E-state index in [0.717, 1.165) is 6.54 Å². The zero-order valence-corrected chi connectivity index (χ0v) is 5.37. The van der Waals surface area contributed by atoms with Crippen LogP contribution >= 0.6 is 0 Å². The van der Waals surface area contributed by atoms with Gasteiger partial charge in [0.2, 0.25) is 0 Å². The Bertz CT molecular complexity index is 148. The lowest BCUT2D eigenvalue weighted by Crippen LogP contribution is -2.03. The molecule has 0 unspecified atom stereocenters. The molecular weight excluding hydrogens is 116 g/mol. The molecule has 0 saturated carbocycles. The fourth-order valence-electron chi connectivity index (χ4n) is 0.567. The van der Waals surface area contributed by atoms with Gasteiger partial charge in [0.15, 0.2) is 0 Å². The maximum atomic E-state index is 4.83. The lowest BCUT2D eigenvalue weighted by atomic mass is 10.7. The summed E-state index contributed by atoms with van der Waals surface area (Å²) in [5.41, 5.74) is 0. The molecule has 1 radical (unpaired) electrons. The Morgan fingerprint density at radius 1 is 1.78 bits per heavy atom. The summed E-state index contributed by atoms with van der Waals surface area (Å²) in [5.74, 6) is 0. The zero-order chi connectivity index (χ0) is 6.53. The average molecular weight is 125 g/mol. The summed E-state index contributed by atoms with van der Waals surface area (Å²) >= 11 is 0. The van der Waals surface area contributed by atoms with Gasteiger partial charge in [-0.15, -0.1) is 0 Å². The molecule has 0 aliphatic carbocycles. The highest BCUT2D eigenvalue weighted by molar-refractivity contribution is 4.74. The molecule has 9 heavy (non-hydrogen) atoms. The average Bonchev–Trinajstić information content (AvgIpc) is 2.34. The Labute approximate surface area is 54.2 Å². The zero-order valence-electron chi connectivity index (χ0n) is 5.37. The van der Waals surface area contributed by atoms with Gasteiger partial charge in [-0.25, -0.2) is 0 Å². The Balaban J connectivity index is 2.30. The van der Waals surface area contributed by atoms with E-state index in [1.54, 1.807) is 24.1 Å². The molecule has 0 spiro atoms. The Morgan fingerprint density at radius 3 is 3.22 bits per heavy atom. The van der Waals surface area contributed by atoms with Crippen molar-refractivity contribution in [2.45, 2.75) is 6.54 Å². The maximum Gasteiger partial charge on any atom is 0.0864 e. The molecule has 49 valence electrons. The molecule has 1 heterocycles. The quantitative estimate of drug-likeness (QED) is 0.582. The first kappa shape index (κ1) is 6.29. The summed E-state index contributed by atoms with van der Waals surface area (Å²) in [6.07, 6.45) is 4.60. The van der Waals surface area contributed by atoms with Crippen LogP contribution in [0.15, 0.2) is 12.3 Å². The number of nitrogens with zero attached hydrogens (tertiary/aromatic N) is 2. The fourth-order valence-corrected chi connectivity index (χ4v) is 0.567. The predicted octanol–water partition coefficient (Wildman–Crippen LogP) is 0.330. The topological polar surface area (TPSA) is 27.1 Å². The van der Waals surface area contributed by atoms with Gasteiger partial charge in [-0.1, -0.05) is 0 Å². The van der Waals surface area contributed by atoms with Crippen molar-refractivity contribution in [3.05, 3.63) is 18.5 Å². The standard InChI is InChI=1S/C6H9N2O/c1-9-6-5-8-4-2-3-7-8/h2-3H,5-6H2,1H3. The molecule has 1 aromatic heterocycles. The summed E-state index contributed by atoms with van der Waals surface area (Å²) in [6, 6.07) is 1.77. The second-order valence-electron chi connectivity index (χ2n) is 1.68. The van der Waals surface area contributed by atoms with E-state index in [0.29, 0.717) is 6.61 Å². The first-order valence-corrected chi connectivity index (χ1v) is 2.82. The van der Waals surface area contributed by atoms with E-state index >= 15 is 0 Å². The third kappa shape index (κ3) is 1.85. The van der Waals surface area contributed by atoms with E-state index in [-0.39, 0.29) is 0 Å². The van der Waals surface area contributed by atoms with Crippen molar-refractivity contribution in [1.29, 1.82) is 0 Å². The summed E-state index contributed by atoms with van der Waals surface area (Å²) in [4.78, 5) is 0. The highest BCUT2D eigenvalue weighted by atomic mass is 16.5. The van der Waals surface area contributed by atoms with Crippen molar-refractivity contribution in [2.24, 2.45) is 0 Å². The summed E-state index contributed by atoms with van der Waals surface area (Å²) in [6.45, 7) is 1.47. The van der Waals surface area contributed by atoms with Gasteiger partial charge in [0.05, 0.1) is 19.3 Å². The highest BCUT2D eigenvalue weighted by Crippen LogP contribution is 1.81. The third-order valence-corrected chi connectivity index (χ3v) is 1.01. The van der Waals surface area contributed by atoms with Crippen molar-refractivity contribution >= 4 is 0 Å². The molecule has 0 aliphatic heterocycles. The number of aromatic nitrogens is 2. The van der Waals surface area contributed by atoms with Crippen LogP contribution in [0.25, 0.3) is 0 Å². The maximum absolute atomic E-state index is 4.83. The fraction of sp³-hybridized carbons (Fsp3) is 0.500. The van der Waals surface area contributed by atoms with Gasteiger partial charge >= 0.3 is 0 Å². The minimum Gasteiger partial charge on any atom is -0.383 e. The Morgan fingerprint density at radius 2 is 2.67 bits per heavy atom. The van der Waals surface area contributed by atoms with E-state index in [4.69, 9.17) is 4.74 Å². The Kier molecular flexibility index (Phi) is 2.27.